The number of likely N-dealkylation sites (N-methyl/N-ethyl adjacent to an activating group) is 1. The maximum absolute atomic E-state index is 12.6. The van der Waals surface area contributed by atoms with Crippen LogP contribution in [-0.4, -0.2) is 45.1 Å². The molecule has 0 aliphatic heterocycles. The molecular weight excluding hydrogens is 441 g/mol. The van der Waals surface area contributed by atoms with Gasteiger partial charge in [0.2, 0.25) is 11.8 Å². The largest absolute Gasteiger partial charge is 0.335 e. The number of benzene rings is 1. The second-order valence-electron chi connectivity index (χ2n) is 5.84. The average Bonchev–Trinajstić information content (AvgIpc) is 3.28. The Hall–Kier alpha value is -2.20. The van der Waals surface area contributed by atoms with Crippen LogP contribution in [0.3, 0.4) is 0 Å². The molecule has 2 N–H and O–H groups in total. The topological polar surface area (TPSA) is 83.0 Å². The highest BCUT2D eigenvalue weighted by atomic mass is 35.5. The van der Waals surface area contributed by atoms with Crippen LogP contribution in [0.2, 0.25) is 10.0 Å². The molecule has 2 amide bonds. The molecule has 28 heavy (non-hydrogen) atoms. The Morgan fingerprint density at radius 1 is 1.32 bits per heavy atom. The number of hydrogen-bond acceptors (Lipinski definition) is 5. The molecular formula is C17H15Cl2N5O2S2. The van der Waals surface area contributed by atoms with Gasteiger partial charge in [-0.2, -0.15) is 5.10 Å². The van der Waals surface area contributed by atoms with Gasteiger partial charge in [0.15, 0.2) is 10.6 Å². The summed E-state index contributed by atoms with van der Waals surface area (Å²) in [6.45, 7) is -0.155. The Bertz CT molecular complexity index is 1060. The molecule has 2 heterocycles. The lowest BCUT2D eigenvalue weighted by atomic mass is 10.3. The van der Waals surface area contributed by atoms with Crippen LogP contribution in [0.4, 0.5) is 5.69 Å². The van der Waals surface area contributed by atoms with Crippen molar-refractivity contribution in [1.29, 1.82) is 0 Å². The highest BCUT2D eigenvalue weighted by molar-refractivity contribution is 7.71. The van der Waals surface area contributed by atoms with E-state index in [0.717, 1.165) is 4.88 Å². The molecule has 2 aromatic heterocycles. The number of carbonyl (C=O) groups excluding carboxylic acids is 2. The molecule has 7 nitrogen and oxygen atoms in total. The van der Waals surface area contributed by atoms with Gasteiger partial charge in [0.05, 0.1) is 21.5 Å². The molecule has 0 atom stereocenters. The van der Waals surface area contributed by atoms with E-state index in [1.165, 1.54) is 16.2 Å². The lowest BCUT2D eigenvalue weighted by Gasteiger charge is -2.17. The molecule has 0 bridgehead atoms. The van der Waals surface area contributed by atoms with Crippen LogP contribution in [0.5, 0.6) is 0 Å². The quantitative estimate of drug-likeness (QED) is 0.548. The normalized spacial score (nSPS) is 10.7. The van der Waals surface area contributed by atoms with Crippen LogP contribution in [0.25, 0.3) is 10.7 Å². The predicted molar refractivity (Wildman–Crippen MR) is 113 cm³/mol. The number of amides is 2. The third kappa shape index (κ3) is 4.79. The molecule has 146 valence electrons. The van der Waals surface area contributed by atoms with Crippen LogP contribution in [0.15, 0.2) is 35.7 Å². The molecule has 0 radical (unpaired) electrons. The van der Waals surface area contributed by atoms with Gasteiger partial charge in [0.1, 0.15) is 6.54 Å². The van der Waals surface area contributed by atoms with Crippen LogP contribution >= 0.6 is 46.8 Å². The summed E-state index contributed by atoms with van der Waals surface area (Å²) in [4.78, 5) is 27.0. The number of nitrogens with zero attached hydrogens (tertiary/aromatic N) is 3. The number of anilines is 1. The van der Waals surface area contributed by atoms with Gasteiger partial charge in [-0.25, -0.2) is 0 Å². The number of rotatable bonds is 6. The Morgan fingerprint density at radius 2 is 2.11 bits per heavy atom. The fourth-order valence-corrected chi connectivity index (χ4v) is 3.61. The first-order valence-electron chi connectivity index (χ1n) is 8.03. The molecule has 0 saturated carbocycles. The summed E-state index contributed by atoms with van der Waals surface area (Å²) in [5, 5.41) is 12.2. The lowest BCUT2D eigenvalue weighted by molar-refractivity contribution is -0.133. The minimum absolute atomic E-state index is 0.0287. The molecule has 0 aliphatic rings. The maximum Gasteiger partial charge on any atom is 0.243 e. The van der Waals surface area contributed by atoms with Crippen LogP contribution in [0, 0.1) is 4.77 Å². The van der Waals surface area contributed by atoms with Crippen LogP contribution in [0.1, 0.15) is 0 Å². The zero-order valence-electron chi connectivity index (χ0n) is 14.6. The number of aromatic nitrogens is 3. The van der Waals surface area contributed by atoms with Gasteiger partial charge in [0, 0.05) is 12.7 Å². The van der Waals surface area contributed by atoms with Gasteiger partial charge >= 0.3 is 0 Å². The minimum Gasteiger partial charge on any atom is -0.335 e. The second kappa shape index (κ2) is 8.87. The zero-order valence-corrected chi connectivity index (χ0v) is 17.8. The molecule has 0 spiro atoms. The number of carbonyl (C=O) groups is 2. The molecule has 1 aromatic carbocycles. The predicted octanol–water partition coefficient (Wildman–Crippen LogP) is 4.07. The summed E-state index contributed by atoms with van der Waals surface area (Å²) in [6.07, 6.45) is 0. The van der Waals surface area contributed by atoms with Crippen molar-refractivity contribution in [2.75, 3.05) is 18.9 Å². The number of hydrogen-bond donors (Lipinski definition) is 2. The van der Waals surface area contributed by atoms with Crippen molar-refractivity contribution in [3.05, 3.63) is 50.5 Å². The molecule has 0 fully saturated rings. The van der Waals surface area contributed by atoms with Crippen LogP contribution in [-0.2, 0) is 16.1 Å². The number of aromatic amines is 1. The summed E-state index contributed by atoms with van der Waals surface area (Å²) in [5.41, 5.74) is 0.497. The van der Waals surface area contributed by atoms with Gasteiger partial charge in [-0.1, -0.05) is 29.3 Å². The Kier molecular flexibility index (Phi) is 6.50. The minimum atomic E-state index is -0.358. The first-order chi connectivity index (χ1) is 13.3. The SMILES string of the molecule is CN(CC(=O)Nc1ccc(Cl)c(Cl)c1)C(=O)Cn1c(-c2cccs2)n[nH]c1=S. The fraction of sp³-hybridized carbons (Fsp3) is 0.176. The van der Waals surface area contributed by atoms with Crippen molar-refractivity contribution in [1.82, 2.24) is 19.7 Å². The highest BCUT2D eigenvalue weighted by Gasteiger charge is 2.18. The van der Waals surface area contributed by atoms with E-state index >= 15 is 0 Å². The van der Waals surface area contributed by atoms with E-state index in [-0.39, 0.29) is 24.9 Å². The third-order valence-electron chi connectivity index (χ3n) is 3.80. The Balaban J connectivity index is 1.64. The molecule has 0 saturated heterocycles. The smallest absolute Gasteiger partial charge is 0.243 e. The van der Waals surface area contributed by atoms with Crippen molar-refractivity contribution < 1.29 is 9.59 Å². The Labute approximate surface area is 179 Å². The van der Waals surface area contributed by atoms with E-state index in [0.29, 0.717) is 26.3 Å². The number of halogens is 2. The first kappa shape index (κ1) is 20.5. The van der Waals surface area contributed by atoms with E-state index in [4.69, 9.17) is 35.4 Å². The van der Waals surface area contributed by atoms with Gasteiger partial charge in [-0.3, -0.25) is 19.3 Å². The molecule has 11 heteroatoms. The fourth-order valence-electron chi connectivity index (χ4n) is 2.39. The van der Waals surface area contributed by atoms with Gasteiger partial charge in [0.25, 0.3) is 0 Å². The molecule has 3 rings (SSSR count). The number of nitrogens with one attached hydrogen (secondary N) is 2. The van der Waals surface area contributed by atoms with E-state index in [2.05, 4.69) is 15.5 Å². The van der Waals surface area contributed by atoms with E-state index < -0.39 is 0 Å². The van der Waals surface area contributed by atoms with Gasteiger partial charge in [-0.15, -0.1) is 11.3 Å². The standard InChI is InChI=1S/C17H15Cl2N5O2S2/c1-23(8-14(25)20-10-4-5-11(18)12(19)7-10)15(26)9-24-16(21-22-17(24)27)13-3-2-6-28-13/h2-7H,8-9H2,1H3,(H,20,25)(H,22,27). The number of thiophene rings is 1. The van der Waals surface area contributed by atoms with E-state index in [1.54, 1.807) is 29.8 Å². The van der Waals surface area contributed by atoms with Crippen molar-refractivity contribution in [2.24, 2.45) is 0 Å². The van der Waals surface area contributed by atoms with E-state index in [9.17, 15) is 9.59 Å². The maximum atomic E-state index is 12.6. The average molecular weight is 456 g/mol. The lowest BCUT2D eigenvalue weighted by Crippen LogP contribution is -2.37. The van der Waals surface area contributed by atoms with Crippen molar-refractivity contribution in [3.63, 3.8) is 0 Å². The van der Waals surface area contributed by atoms with Gasteiger partial charge in [-0.05, 0) is 41.9 Å². The second-order valence-corrected chi connectivity index (χ2v) is 7.99. The zero-order chi connectivity index (χ0) is 20.3. The summed E-state index contributed by atoms with van der Waals surface area (Å²) < 4.78 is 1.95. The van der Waals surface area contributed by atoms with E-state index in [1.807, 2.05) is 17.5 Å². The van der Waals surface area contributed by atoms with Gasteiger partial charge < -0.3 is 10.2 Å². The van der Waals surface area contributed by atoms with Crippen LogP contribution < -0.4 is 5.32 Å². The molecule has 0 aliphatic carbocycles. The third-order valence-corrected chi connectivity index (χ3v) is 5.72. The van der Waals surface area contributed by atoms with Crippen molar-refractivity contribution in [2.45, 2.75) is 6.54 Å². The first-order valence-corrected chi connectivity index (χ1v) is 10.1. The monoisotopic (exact) mass is 455 g/mol. The van der Waals surface area contributed by atoms with Crippen molar-refractivity contribution >= 4 is 64.3 Å². The number of H-pyrrole nitrogens is 1. The summed E-state index contributed by atoms with van der Waals surface area (Å²) >= 11 is 18.5. The summed E-state index contributed by atoms with van der Waals surface area (Å²) in [7, 11) is 1.55. The summed E-state index contributed by atoms with van der Waals surface area (Å²) in [6, 6.07) is 8.54. The van der Waals surface area contributed by atoms with Crippen molar-refractivity contribution in [3.8, 4) is 10.7 Å². The molecule has 0 unspecified atom stereocenters. The summed E-state index contributed by atoms with van der Waals surface area (Å²) in [5.74, 6) is -0.0508. The Morgan fingerprint density at radius 3 is 2.79 bits per heavy atom. The molecule has 3 aromatic rings. The highest BCUT2D eigenvalue weighted by Crippen LogP contribution is 2.25.